The first-order valence-electron chi connectivity index (χ1n) is 6.17. The van der Waals surface area contributed by atoms with Crippen LogP contribution in [0.4, 0.5) is 18.9 Å². The second kappa shape index (κ2) is 6.71. The largest absolute Gasteiger partial charge is 0.417 e. The highest BCUT2D eigenvalue weighted by molar-refractivity contribution is 9.10. The molecule has 0 aliphatic carbocycles. The second-order valence-corrected chi connectivity index (χ2v) is 5.83. The molecule has 2 aromatic carbocycles. The van der Waals surface area contributed by atoms with Crippen molar-refractivity contribution in [3.8, 4) is 0 Å². The topological polar surface area (TPSA) is 29.1 Å². The van der Waals surface area contributed by atoms with Gasteiger partial charge >= 0.3 is 6.18 Å². The Bertz CT molecular complexity index is 686. The molecule has 0 unspecified atom stereocenters. The van der Waals surface area contributed by atoms with E-state index >= 15 is 0 Å². The van der Waals surface area contributed by atoms with Gasteiger partial charge in [0, 0.05) is 15.2 Å². The van der Waals surface area contributed by atoms with Crippen LogP contribution in [0, 0.1) is 0 Å². The molecule has 0 saturated carbocycles. The van der Waals surface area contributed by atoms with E-state index in [1.165, 1.54) is 12.1 Å². The monoisotopic (exact) mass is 391 g/mol. The number of carbonyl (C=O) groups excluding carboxylic acids is 1. The Morgan fingerprint density at radius 1 is 1.14 bits per heavy atom. The second-order valence-electron chi connectivity index (χ2n) is 4.54. The minimum absolute atomic E-state index is 0.0502. The molecule has 0 saturated heterocycles. The molecule has 7 heteroatoms. The average Bonchev–Trinajstić information content (AvgIpc) is 2.42. The van der Waals surface area contributed by atoms with Gasteiger partial charge in [0.25, 0.3) is 0 Å². The van der Waals surface area contributed by atoms with Crippen LogP contribution < -0.4 is 5.32 Å². The van der Waals surface area contributed by atoms with Crippen LogP contribution in [0.1, 0.15) is 11.1 Å². The Morgan fingerprint density at radius 3 is 2.36 bits per heavy atom. The normalized spacial score (nSPS) is 11.3. The van der Waals surface area contributed by atoms with E-state index in [9.17, 15) is 18.0 Å². The third-order valence-corrected chi connectivity index (χ3v) is 3.78. The summed E-state index contributed by atoms with van der Waals surface area (Å²) in [5, 5.41) is 3.00. The van der Waals surface area contributed by atoms with Crippen molar-refractivity contribution in [2.45, 2.75) is 12.6 Å². The molecule has 0 radical (unpaired) electrons. The fourth-order valence-corrected chi connectivity index (χ4v) is 2.41. The van der Waals surface area contributed by atoms with Crippen LogP contribution in [-0.4, -0.2) is 5.91 Å². The minimum atomic E-state index is -4.49. The van der Waals surface area contributed by atoms with Crippen LogP contribution in [0.3, 0.4) is 0 Å². The molecule has 0 aliphatic rings. The molecule has 0 bridgehead atoms. The number of carbonyl (C=O) groups is 1. The van der Waals surface area contributed by atoms with Gasteiger partial charge in [-0.05, 0) is 35.9 Å². The predicted octanol–water partition coefficient (Wildman–Crippen LogP) is 5.30. The van der Waals surface area contributed by atoms with E-state index in [1.807, 2.05) is 0 Å². The lowest BCUT2D eigenvalue weighted by atomic mass is 10.1. The quantitative estimate of drug-likeness (QED) is 0.754. The van der Waals surface area contributed by atoms with Crippen molar-refractivity contribution >= 4 is 39.1 Å². The number of amides is 1. The molecule has 2 nitrogen and oxygen atoms in total. The molecular weight excluding hydrogens is 383 g/mol. The summed E-state index contributed by atoms with van der Waals surface area (Å²) in [6.07, 6.45) is -4.44. The zero-order valence-corrected chi connectivity index (χ0v) is 13.4. The van der Waals surface area contributed by atoms with Crippen LogP contribution >= 0.6 is 27.5 Å². The van der Waals surface area contributed by atoms with Crippen LogP contribution in [0.15, 0.2) is 46.9 Å². The summed E-state index contributed by atoms with van der Waals surface area (Å²) in [4.78, 5) is 11.9. The van der Waals surface area contributed by atoms with E-state index < -0.39 is 17.6 Å². The minimum Gasteiger partial charge on any atom is -0.326 e. The molecule has 2 aromatic rings. The van der Waals surface area contributed by atoms with Crippen molar-refractivity contribution in [1.82, 2.24) is 0 Å². The van der Waals surface area contributed by atoms with Gasteiger partial charge in [-0.25, -0.2) is 0 Å². The molecule has 1 N–H and O–H groups in total. The highest BCUT2D eigenvalue weighted by Crippen LogP contribution is 2.36. The van der Waals surface area contributed by atoms with E-state index in [4.69, 9.17) is 11.6 Å². The Hall–Kier alpha value is -1.53. The molecule has 1 amide bonds. The molecule has 22 heavy (non-hydrogen) atoms. The van der Waals surface area contributed by atoms with Gasteiger partial charge < -0.3 is 5.32 Å². The first kappa shape index (κ1) is 16.8. The van der Waals surface area contributed by atoms with Crippen molar-refractivity contribution < 1.29 is 18.0 Å². The van der Waals surface area contributed by atoms with Crippen molar-refractivity contribution in [2.75, 3.05) is 5.32 Å². The molecule has 0 aliphatic heterocycles. The molecule has 0 fully saturated rings. The Balaban J connectivity index is 2.10. The van der Waals surface area contributed by atoms with Gasteiger partial charge in [-0.3, -0.25) is 4.79 Å². The molecule has 0 heterocycles. The van der Waals surface area contributed by atoms with Crippen molar-refractivity contribution in [3.05, 3.63) is 63.1 Å². The van der Waals surface area contributed by atoms with E-state index in [-0.39, 0.29) is 16.6 Å². The third-order valence-electron chi connectivity index (χ3n) is 2.83. The number of alkyl halides is 3. The van der Waals surface area contributed by atoms with Gasteiger partial charge in [0.15, 0.2) is 0 Å². The van der Waals surface area contributed by atoms with Crippen molar-refractivity contribution in [2.24, 2.45) is 0 Å². The standard InChI is InChI=1S/C15H10BrClF3NO/c16-13-6-5-11(8-12(13)15(18,19)20)21-14(22)7-9-1-3-10(17)4-2-9/h1-6,8H,7H2,(H,21,22). The van der Waals surface area contributed by atoms with Gasteiger partial charge in [-0.15, -0.1) is 0 Å². The summed E-state index contributed by atoms with van der Waals surface area (Å²) in [6, 6.07) is 10.2. The number of halogens is 5. The van der Waals surface area contributed by atoms with Crippen LogP contribution in [0.2, 0.25) is 5.02 Å². The summed E-state index contributed by atoms with van der Waals surface area (Å²) in [5.41, 5.74) is -0.0265. The van der Waals surface area contributed by atoms with E-state index in [1.54, 1.807) is 24.3 Å². The Labute approximate surface area is 138 Å². The van der Waals surface area contributed by atoms with Crippen LogP contribution in [-0.2, 0) is 17.4 Å². The van der Waals surface area contributed by atoms with Gasteiger partial charge in [0.1, 0.15) is 0 Å². The maximum Gasteiger partial charge on any atom is 0.417 e. The fraction of sp³-hybridized carbons (Fsp3) is 0.133. The lowest BCUT2D eigenvalue weighted by molar-refractivity contribution is -0.138. The zero-order valence-electron chi connectivity index (χ0n) is 11.0. The van der Waals surface area contributed by atoms with Crippen molar-refractivity contribution in [3.63, 3.8) is 0 Å². The zero-order chi connectivity index (χ0) is 16.3. The molecule has 2 rings (SSSR count). The average molecular weight is 393 g/mol. The SMILES string of the molecule is O=C(Cc1ccc(Cl)cc1)Nc1ccc(Br)c(C(F)(F)F)c1. The highest BCUT2D eigenvalue weighted by Gasteiger charge is 2.33. The molecule has 0 aromatic heterocycles. The maximum absolute atomic E-state index is 12.8. The number of nitrogens with one attached hydrogen (secondary N) is 1. The Kier molecular flexibility index (Phi) is 5.13. The summed E-state index contributed by atoms with van der Waals surface area (Å²) < 4.78 is 38.3. The first-order valence-corrected chi connectivity index (χ1v) is 7.34. The van der Waals surface area contributed by atoms with Crippen LogP contribution in [0.5, 0.6) is 0 Å². The first-order chi connectivity index (χ1) is 10.3. The number of rotatable bonds is 3. The molecule has 0 spiro atoms. The van der Waals surface area contributed by atoms with E-state index in [0.29, 0.717) is 5.02 Å². The smallest absolute Gasteiger partial charge is 0.326 e. The number of benzene rings is 2. The van der Waals surface area contributed by atoms with E-state index in [0.717, 1.165) is 11.6 Å². The Morgan fingerprint density at radius 2 is 1.77 bits per heavy atom. The fourth-order valence-electron chi connectivity index (χ4n) is 1.81. The summed E-state index contributed by atoms with van der Waals surface area (Å²) in [6.45, 7) is 0. The molecular formula is C15H10BrClF3NO. The summed E-state index contributed by atoms with van der Waals surface area (Å²) in [7, 11) is 0. The maximum atomic E-state index is 12.8. The third kappa shape index (κ3) is 4.48. The lowest BCUT2D eigenvalue weighted by Gasteiger charge is -2.12. The van der Waals surface area contributed by atoms with Crippen molar-refractivity contribution in [1.29, 1.82) is 0 Å². The van der Waals surface area contributed by atoms with Crippen LogP contribution in [0.25, 0.3) is 0 Å². The summed E-state index contributed by atoms with van der Waals surface area (Å²) >= 11 is 8.59. The molecule has 116 valence electrons. The molecule has 0 atom stereocenters. The van der Waals surface area contributed by atoms with Gasteiger partial charge in [0.05, 0.1) is 12.0 Å². The highest BCUT2D eigenvalue weighted by atomic mass is 79.9. The van der Waals surface area contributed by atoms with Gasteiger partial charge in [0.2, 0.25) is 5.91 Å². The summed E-state index contributed by atoms with van der Waals surface area (Å²) in [5.74, 6) is -0.405. The number of anilines is 1. The number of hydrogen-bond donors (Lipinski definition) is 1. The lowest BCUT2D eigenvalue weighted by Crippen LogP contribution is -2.15. The number of hydrogen-bond acceptors (Lipinski definition) is 1. The van der Waals surface area contributed by atoms with Gasteiger partial charge in [-0.2, -0.15) is 13.2 Å². The predicted molar refractivity (Wildman–Crippen MR) is 82.9 cm³/mol. The van der Waals surface area contributed by atoms with E-state index in [2.05, 4.69) is 21.2 Å². The van der Waals surface area contributed by atoms with Gasteiger partial charge in [-0.1, -0.05) is 39.7 Å².